The Morgan fingerprint density at radius 3 is 2.29 bits per heavy atom. The number of phenolic OH excluding ortho intramolecular Hbond substituents is 1. The van der Waals surface area contributed by atoms with Gasteiger partial charge in [0.2, 0.25) is 0 Å². The average molecular weight is 609 g/mol. The molecule has 41 heavy (non-hydrogen) atoms. The van der Waals surface area contributed by atoms with Gasteiger partial charge in [-0.1, -0.05) is 32.4 Å². The highest BCUT2D eigenvalue weighted by Gasteiger charge is 2.26. The Bertz CT molecular complexity index is 1290. The van der Waals surface area contributed by atoms with Crippen molar-refractivity contribution in [1.29, 1.82) is 0 Å². The molecule has 0 heterocycles. The standard InChI is InChI=1S/C30H40O9S2/c1-6-8-25-26(14-13-24(21(3)31)29(25)33)39-16-7-18-41(35,36)23-11-9-22(10-12-23)19-27(20(2)30(34)38-5)40-17-15-28(32)37-4/h9-14,20,27,33H,6-8,15-19H2,1-5H3. The van der Waals surface area contributed by atoms with E-state index in [9.17, 15) is 27.9 Å². The molecule has 0 aliphatic heterocycles. The van der Waals surface area contributed by atoms with Gasteiger partial charge in [0.15, 0.2) is 15.6 Å². The minimum Gasteiger partial charge on any atom is -0.507 e. The highest BCUT2D eigenvalue weighted by Crippen LogP contribution is 2.33. The second-order valence-corrected chi connectivity index (χ2v) is 13.1. The van der Waals surface area contributed by atoms with Crippen molar-refractivity contribution < 1.29 is 42.1 Å². The van der Waals surface area contributed by atoms with Crippen LogP contribution in [0.5, 0.6) is 11.5 Å². The van der Waals surface area contributed by atoms with E-state index < -0.39 is 15.8 Å². The molecule has 11 heteroatoms. The summed E-state index contributed by atoms with van der Waals surface area (Å²) in [7, 11) is -0.912. The average Bonchev–Trinajstić information content (AvgIpc) is 2.95. The van der Waals surface area contributed by atoms with Crippen LogP contribution >= 0.6 is 11.8 Å². The van der Waals surface area contributed by atoms with Crippen LogP contribution in [-0.4, -0.2) is 68.8 Å². The molecule has 2 unspecified atom stereocenters. The van der Waals surface area contributed by atoms with Gasteiger partial charge >= 0.3 is 11.9 Å². The Hall–Kier alpha value is -3.05. The fraction of sp³-hybridized carbons (Fsp3) is 0.500. The number of carbonyl (C=O) groups is 3. The Labute approximate surface area is 246 Å². The number of esters is 2. The van der Waals surface area contributed by atoms with Crippen molar-refractivity contribution >= 4 is 39.3 Å². The van der Waals surface area contributed by atoms with Gasteiger partial charge in [-0.3, -0.25) is 14.4 Å². The third kappa shape index (κ3) is 10.1. The monoisotopic (exact) mass is 608 g/mol. The predicted molar refractivity (Wildman–Crippen MR) is 158 cm³/mol. The molecule has 1 N–H and O–H groups in total. The molecule has 0 bridgehead atoms. The van der Waals surface area contributed by atoms with Gasteiger partial charge in [0.25, 0.3) is 0 Å². The summed E-state index contributed by atoms with van der Waals surface area (Å²) in [4.78, 5) is 35.6. The van der Waals surface area contributed by atoms with Crippen LogP contribution in [0, 0.1) is 5.92 Å². The SMILES string of the molecule is CCCc1c(OCCCS(=O)(=O)c2ccc(CC(SCCC(=O)OC)C(C)C(=O)OC)cc2)ccc(C(C)=O)c1O. The molecule has 0 fully saturated rings. The zero-order valence-corrected chi connectivity index (χ0v) is 25.9. The van der Waals surface area contributed by atoms with Crippen molar-refractivity contribution in [2.45, 2.75) is 63.0 Å². The van der Waals surface area contributed by atoms with Gasteiger partial charge in [-0.25, -0.2) is 8.42 Å². The summed E-state index contributed by atoms with van der Waals surface area (Å²) in [5.74, 6) is -0.641. The second kappa shape index (κ2) is 16.4. The summed E-state index contributed by atoms with van der Waals surface area (Å²) in [6.45, 7) is 5.23. The second-order valence-electron chi connectivity index (χ2n) is 9.66. The van der Waals surface area contributed by atoms with Crippen molar-refractivity contribution in [2.75, 3.05) is 32.3 Å². The fourth-order valence-corrected chi connectivity index (χ4v) is 6.84. The number of thioether (sulfide) groups is 1. The first-order chi connectivity index (χ1) is 19.4. The van der Waals surface area contributed by atoms with Crippen LogP contribution in [0.2, 0.25) is 0 Å². The molecule has 0 aromatic heterocycles. The lowest BCUT2D eigenvalue weighted by atomic mass is 10.0. The van der Waals surface area contributed by atoms with E-state index >= 15 is 0 Å². The van der Waals surface area contributed by atoms with Crippen LogP contribution in [0.15, 0.2) is 41.3 Å². The van der Waals surface area contributed by atoms with Gasteiger partial charge in [-0.05, 0) is 56.0 Å². The lowest BCUT2D eigenvalue weighted by molar-refractivity contribution is -0.144. The van der Waals surface area contributed by atoms with Crippen molar-refractivity contribution in [3.63, 3.8) is 0 Å². The molecule has 2 aromatic rings. The number of benzene rings is 2. The number of ether oxygens (including phenoxy) is 3. The van der Waals surface area contributed by atoms with E-state index in [-0.39, 0.29) is 64.4 Å². The van der Waals surface area contributed by atoms with E-state index in [1.807, 2.05) is 6.92 Å². The number of carbonyl (C=O) groups excluding carboxylic acids is 3. The largest absolute Gasteiger partial charge is 0.507 e. The Morgan fingerprint density at radius 1 is 1.02 bits per heavy atom. The van der Waals surface area contributed by atoms with Crippen molar-refractivity contribution in [3.8, 4) is 11.5 Å². The summed E-state index contributed by atoms with van der Waals surface area (Å²) in [5, 5.41) is 10.3. The molecule has 2 atom stereocenters. The summed E-state index contributed by atoms with van der Waals surface area (Å²) >= 11 is 1.47. The molecular weight excluding hydrogens is 568 g/mol. The summed E-state index contributed by atoms with van der Waals surface area (Å²) < 4.78 is 41.3. The maximum Gasteiger partial charge on any atom is 0.309 e. The summed E-state index contributed by atoms with van der Waals surface area (Å²) in [6, 6.07) is 9.73. The molecule has 0 amide bonds. The van der Waals surface area contributed by atoms with Crippen molar-refractivity contribution in [3.05, 3.63) is 53.1 Å². The van der Waals surface area contributed by atoms with E-state index in [1.54, 1.807) is 37.3 Å². The molecule has 0 saturated heterocycles. The quantitative estimate of drug-likeness (QED) is 0.152. The summed E-state index contributed by atoms with van der Waals surface area (Å²) in [5.41, 5.74) is 1.63. The smallest absolute Gasteiger partial charge is 0.309 e. The first-order valence-corrected chi connectivity index (χ1v) is 16.2. The van der Waals surface area contributed by atoms with E-state index in [0.29, 0.717) is 29.9 Å². The molecule has 0 spiro atoms. The van der Waals surface area contributed by atoms with Gasteiger partial charge in [0, 0.05) is 16.6 Å². The fourth-order valence-electron chi connectivity index (χ4n) is 4.26. The highest BCUT2D eigenvalue weighted by molar-refractivity contribution is 7.99. The third-order valence-electron chi connectivity index (χ3n) is 6.65. The number of phenols is 1. The molecular formula is C30H40O9S2. The maximum atomic E-state index is 12.9. The van der Waals surface area contributed by atoms with Gasteiger partial charge in [0.1, 0.15) is 11.5 Å². The lowest BCUT2D eigenvalue weighted by Gasteiger charge is -2.22. The number of rotatable bonds is 17. The number of sulfone groups is 1. The molecule has 9 nitrogen and oxygen atoms in total. The molecule has 0 saturated carbocycles. The minimum atomic E-state index is -3.57. The Kier molecular flexibility index (Phi) is 13.7. The number of methoxy groups -OCH3 is 2. The summed E-state index contributed by atoms with van der Waals surface area (Å²) in [6.07, 6.45) is 2.21. The molecule has 0 aliphatic rings. The molecule has 2 rings (SSSR count). The minimum absolute atomic E-state index is 0.0883. The van der Waals surface area contributed by atoms with E-state index in [2.05, 4.69) is 4.74 Å². The highest BCUT2D eigenvalue weighted by atomic mass is 32.2. The number of hydrogen-bond donors (Lipinski definition) is 1. The van der Waals surface area contributed by atoms with E-state index in [0.717, 1.165) is 12.0 Å². The Morgan fingerprint density at radius 2 is 1.71 bits per heavy atom. The molecule has 2 aromatic carbocycles. The van der Waals surface area contributed by atoms with Gasteiger partial charge in [0.05, 0.1) is 49.4 Å². The first kappa shape index (κ1) is 34.2. The predicted octanol–water partition coefficient (Wildman–Crippen LogP) is 4.81. The number of hydrogen-bond acceptors (Lipinski definition) is 10. The first-order valence-electron chi connectivity index (χ1n) is 13.5. The van der Waals surface area contributed by atoms with Crippen LogP contribution < -0.4 is 4.74 Å². The van der Waals surface area contributed by atoms with Crippen LogP contribution in [0.4, 0.5) is 0 Å². The van der Waals surface area contributed by atoms with Gasteiger partial charge in [-0.2, -0.15) is 11.8 Å². The zero-order valence-electron chi connectivity index (χ0n) is 24.3. The lowest BCUT2D eigenvalue weighted by Crippen LogP contribution is -2.27. The normalized spacial score (nSPS) is 12.8. The van der Waals surface area contributed by atoms with Gasteiger partial charge in [-0.15, -0.1) is 0 Å². The topological polar surface area (TPSA) is 133 Å². The Balaban J connectivity index is 2.02. The van der Waals surface area contributed by atoms with Crippen LogP contribution in [-0.2, 0) is 41.7 Å². The third-order valence-corrected chi connectivity index (χ3v) is 9.91. The number of ketones is 1. The zero-order chi connectivity index (χ0) is 30.6. The number of aromatic hydroxyl groups is 1. The molecule has 226 valence electrons. The maximum absolute atomic E-state index is 12.9. The van der Waals surface area contributed by atoms with Crippen LogP contribution in [0.25, 0.3) is 0 Å². The van der Waals surface area contributed by atoms with Gasteiger partial charge < -0.3 is 19.3 Å². The van der Waals surface area contributed by atoms with Crippen LogP contribution in [0.3, 0.4) is 0 Å². The van der Waals surface area contributed by atoms with Crippen molar-refractivity contribution in [1.82, 2.24) is 0 Å². The molecule has 0 aliphatic carbocycles. The van der Waals surface area contributed by atoms with E-state index in [4.69, 9.17) is 9.47 Å². The number of Topliss-reactive ketones (excluding diaryl/α,β-unsaturated/α-hetero) is 1. The van der Waals surface area contributed by atoms with E-state index in [1.165, 1.54) is 39.0 Å². The van der Waals surface area contributed by atoms with Crippen molar-refractivity contribution in [2.24, 2.45) is 5.92 Å². The molecule has 0 radical (unpaired) electrons. The van der Waals surface area contributed by atoms with Crippen LogP contribution in [0.1, 0.15) is 61.5 Å².